The minimum absolute atomic E-state index is 0.105. The molecule has 0 bridgehead atoms. The number of amides is 2. The molecule has 2 aromatic carbocycles. The topological polar surface area (TPSA) is 62.3 Å². The highest BCUT2D eigenvalue weighted by Gasteiger charge is 2.20. The third kappa shape index (κ3) is 4.66. The second-order valence-electron chi connectivity index (χ2n) is 5.69. The van der Waals surface area contributed by atoms with Gasteiger partial charge in [-0.25, -0.2) is 13.8 Å². The predicted molar refractivity (Wildman–Crippen MR) is 105 cm³/mol. The second-order valence-corrected chi connectivity index (χ2v) is 6.53. The molecule has 0 spiro atoms. The van der Waals surface area contributed by atoms with Crippen LogP contribution in [0.3, 0.4) is 0 Å². The van der Waals surface area contributed by atoms with Crippen LogP contribution in [-0.2, 0) is 9.59 Å². The first kappa shape index (κ1) is 19.4. The van der Waals surface area contributed by atoms with E-state index in [-0.39, 0.29) is 16.7 Å². The molecule has 0 atom stereocenters. The van der Waals surface area contributed by atoms with Gasteiger partial charge in [0.1, 0.15) is 11.6 Å². The van der Waals surface area contributed by atoms with E-state index in [4.69, 9.17) is 0 Å². The summed E-state index contributed by atoms with van der Waals surface area (Å²) in [5.74, 6) is -1.74. The summed E-state index contributed by atoms with van der Waals surface area (Å²) in [6, 6.07) is 11.3. The zero-order valence-corrected chi connectivity index (χ0v) is 15.5. The van der Waals surface area contributed by atoms with Gasteiger partial charge in [-0.2, -0.15) is 0 Å². The maximum Gasteiger partial charge on any atom is 0.248 e. The molecule has 1 aromatic heterocycles. The molecule has 0 aliphatic rings. The lowest BCUT2D eigenvalue weighted by molar-refractivity contribution is -0.116. The molecule has 1 N–H and O–H groups in total. The van der Waals surface area contributed by atoms with Gasteiger partial charge in [-0.15, -0.1) is 11.3 Å². The van der Waals surface area contributed by atoms with Crippen LogP contribution < -0.4 is 10.2 Å². The van der Waals surface area contributed by atoms with Crippen molar-refractivity contribution in [1.29, 1.82) is 0 Å². The summed E-state index contributed by atoms with van der Waals surface area (Å²) in [6.45, 7) is 1.32. The average molecular weight is 399 g/mol. The maximum absolute atomic E-state index is 14.1. The van der Waals surface area contributed by atoms with Crippen LogP contribution in [0.1, 0.15) is 12.6 Å². The first-order valence-corrected chi connectivity index (χ1v) is 9.07. The largest absolute Gasteiger partial charge is 0.323 e. The van der Waals surface area contributed by atoms with E-state index in [1.54, 1.807) is 11.4 Å². The van der Waals surface area contributed by atoms with Gasteiger partial charge in [-0.05, 0) is 42.5 Å². The first-order valence-electron chi connectivity index (χ1n) is 8.19. The van der Waals surface area contributed by atoms with Crippen molar-refractivity contribution in [2.45, 2.75) is 6.92 Å². The molecule has 3 rings (SSSR count). The van der Waals surface area contributed by atoms with Crippen LogP contribution in [0.25, 0.3) is 6.08 Å². The Balaban J connectivity index is 1.74. The summed E-state index contributed by atoms with van der Waals surface area (Å²) < 4.78 is 27.0. The number of anilines is 3. The Hall–Kier alpha value is -3.39. The summed E-state index contributed by atoms with van der Waals surface area (Å²) in [5, 5.41) is 4.52. The summed E-state index contributed by atoms with van der Waals surface area (Å²) >= 11 is 1.15. The van der Waals surface area contributed by atoms with Gasteiger partial charge in [0, 0.05) is 24.1 Å². The second kappa shape index (κ2) is 8.53. The lowest BCUT2D eigenvalue weighted by Gasteiger charge is -2.18. The molecular formula is C20H15F2N3O2S. The molecule has 0 aliphatic carbocycles. The number of nitrogens with one attached hydrogen (secondary N) is 1. The summed E-state index contributed by atoms with van der Waals surface area (Å²) in [5.41, 5.74) is 1.00. The Morgan fingerprint density at radius 1 is 1.11 bits per heavy atom. The average Bonchev–Trinajstić information content (AvgIpc) is 3.12. The lowest BCUT2D eigenvalue weighted by atomic mass is 10.3. The van der Waals surface area contributed by atoms with Gasteiger partial charge < -0.3 is 5.32 Å². The highest BCUT2D eigenvalue weighted by atomic mass is 32.1. The Bertz CT molecular complexity index is 1030. The predicted octanol–water partition coefficient (Wildman–Crippen LogP) is 4.76. The van der Waals surface area contributed by atoms with Crippen molar-refractivity contribution in [1.82, 2.24) is 4.98 Å². The van der Waals surface area contributed by atoms with Gasteiger partial charge in [0.05, 0.1) is 11.4 Å². The molecule has 0 saturated heterocycles. The fraction of sp³-hybridized carbons (Fsp3) is 0.0500. The van der Waals surface area contributed by atoms with Crippen molar-refractivity contribution in [3.63, 3.8) is 0 Å². The third-order valence-corrected chi connectivity index (χ3v) is 4.47. The van der Waals surface area contributed by atoms with E-state index in [1.807, 2.05) is 0 Å². The number of carbonyl (C=O) groups is 2. The van der Waals surface area contributed by atoms with Gasteiger partial charge in [-0.3, -0.25) is 14.5 Å². The van der Waals surface area contributed by atoms with Gasteiger partial charge in [-0.1, -0.05) is 12.1 Å². The Kier molecular flexibility index (Phi) is 5.90. The fourth-order valence-corrected chi connectivity index (χ4v) is 3.22. The van der Waals surface area contributed by atoms with Crippen LogP contribution in [0.4, 0.5) is 25.3 Å². The highest BCUT2D eigenvalue weighted by Crippen LogP contribution is 2.30. The van der Waals surface area contributed by atoms with Crippen molar-refractivity contribution in [2.75, 3.05) is 10.2 Å². The summed E-state index contributed by atoms with van der Waals surface area (Å²) in [7, 11) is 0. The molecule has 0 saturated carbocycles. The van der Waals surface area contributed by atoms with E-state index in [2.05, 4.69) is 10.3 Å². The first-order chi connectivity index (χ1) is 13.4. The van der Waals surface area contributed by atoms with E-state index in [0.717, 1.165) is 11.3 Å². The van der Waals surface area contributed by atoms with Gasteiger partial charge >= 0.3 is 0 Å². The van der Waals surface area contributed by atoms with Crippen molar-refractivity contribution >= 4 is 45.7 Å². The van der Waals surface area contributed by atoms with Gasteiger partial charge in [0.15, 0.2) is 5.13 Å². The molecular weight excluding hydrogens is 384 g/mol. The van der Waals surface area contributed by atoms with Crippen molar-refractivity contribution in [2.24, 2.45) is 0 Å². The zero-order valence-electron chi connectivity index (χ0n) is 14.7. The van der Waals surface area contributed by atoms with Crippen LogP contribution in [0, 0.1) is 11.6 Å². The zero-order chi connectivity index (χ0) is 20.1. The molecule has 28 heavy (non-hydrogen) atoms. The Labute approximate surface area is 164 Å². The van der Waals surface area contributed by atoms with E-state index >= 15 is 0 Å². The van der Waals surface area contributed by atoms with Crippen LogP contribution in [0.5, 0.6) is 0 Å². The molecule has 2 amide bonds. The standard InChI is InChI=1S/C20H15F2N3O2S/c1-13(26)25(18-5-3-2-4-17(18)22)20-24-16(12-28-20)10-11-19(27)23-15-8-6-14(21)7-9-15/h2-12H,1H3,(H,23,27)/b11-10+. The van der Waals surface area contributed by atoms with E-state index in [1.165, 1.54) is 66.4 Å². The molecule has 142 valence electrons. The highest BCUT2D eigenvalue weighted by molar-refractivity contribution is 7.14. The quantitative estimate of drug-likeness (QED) is 0.630. The fourth-order valence-electron chi connectivity index (χ4n) is 2.37. The van der Waals surface area contributed by atoms with Crippen LogP contribution in [0.2, 0.25) is 0 Å². The monoisotopic (exact) mass is 399 g/mol. The summed E-state index contributed by atoms with van der Waals surface area (Å²) in [6.07, 6.45) is 2.74. The SMILES string of the molecule is CC(=O)N(c1nc(/C=C/C(=O)Nc2ccc(F)cc2)cs1)c1ccccc1F. The maximum atomic E-state index is 14.1. The number of hydrogen-bond acceptors (Lipinski definition) is 4. The lowest BCUT2D eigenvalue weighted by Crippen LogP contribution is -2.23. The molecule has 3 aromatic rings. The minimum atomic E-state index is -0.538. The van der Waals surface area contributed by atoms with E-state index in [0.29, 0.717) is 11.4 Å². The molecule has 0 aliphatic heterocycles. The van der Waals surface area contributed by atoms with Crippen LogP contribution in [-0.4, -0.2) is 16.8 Å². The number of para-hydroxylation sites is 1. The van der Waals surface area contributed by atoms with Crippen molar-refractivity contribution < 1.29 is 18.4 Å². The molecule has 0 fully saturated rings. The van der Waals surface area contributed by atoms with Crippen LogP contribution >= 0.6 is 11.3 Å². The number of rotatable bonds is 5. The van der Waals surface area contributed by atoms with Crippen LogP contribution in [0.15, 0.2) is 60.0 Å². The van der Waals surface area contributed by atoms with Gasteiger partial charge in [0.25, 0.3) is 0 Å². The molecule has 0 unspecified atom stereocenters. The van der Waals surface area contributed by atoms with E-state index < -0.39 is 17.5 Å². The molecule has 5 nitrogen and oxygen atoms in total. The normalized spacial score (nSPS) is 10.8. The number of aromatic nitrogens is 1. The van der Waals surface area contributed by atoms with Crippen molar-refractivity contribution in [3.8, 4) is 0 Å². The Morgan fingerprint density at radius 3 is 2.50 bits per heavy atom. The summed E-state index contributed by atoms with van der Waals surface area (Å²) in [4.78, 5) is 29.4. The molecule has 1 heterocycles. The van der Waals surface area contributed by atoms with E-state index in [9.17, 15) is 18.4 Å². The molecule has 0 radical (unpaired) electrons. The van der Waals surface area contributed by atoms with Crippen molar-refractivity contribution in [3.05, 3.63) is 77.3 Å². The number of benzene rings is 2. The van der Waals surface area contributed by atoms with Gasteiger partial charge in [0.2, 0.25) is 11.8 Å². The number of hydrogen-bond donors (Lipinski definition) is 1. The minimum Gasteiger partial charge on any atom is -0.323 e. The smallest absolute Gasteiger partial charge is 0.248 e. The third-order valence-electron chi connectivity index (χ3n) is 3.63. The number of carbonyl (C=O) groups excluding carboxylic acids is 2. The number of nitrogens with zero attached hydrogens (tertiary/aromatic N) is 2. The Morgan fingerprint density at radius 2 is 1.82 bits per heavy atom. The number of thiazole rings is 1. The molecule has 8 heteroatoms. The number of halogens is 2.